The van der Waals surface area contributed by atoms with Gasteiger partial charge in [0, 0.05) is 23.7 Å². The second-order valence-corrected chi connectivity index (χ2v) is 6.50. The Morgan fingerprint density at radius 3 is 2.89 bits per heavy atom. The molecule has 0 unspecified atom stereocenters. The number of benzene rings is 3. The van der Waals surface area contributed by atoms with Crippen LogP contribution in [0, 0.1) is 11.3 Å². The van der Waals surface area contributed by atoms with Crippen molar-refractivity contribution in [3.8, 4) is 17.6 Å². The summed E-state index contributed by atoms with van der Waals surface area (Å²) in [5.74, 6) is 1.32. The lowest BCUT2D eigenvalue weighted by molar-refractivity contribution is 0.102. The normalized spacial score (nSPS) is 11.8. The summed E-state index contributed by atoms with van der Waals surface area (Å²) < 4.78 is 11.3. The molecule has 0 radical (unpaired) electrons. The zero-order chi connectivity index (χ0) is 19.3. The molecule has 1 heterocycles. The summed E-state index contributed by atoms with van der Waals surface area (Å²) in [7, 11) is 0. The lowest BCUT2D eigenvalue weighted by Gasteiger charge is -2.10. The fraction of sp³-hybridized carbons (Fsp3) is 0.130. The second kappa shape index (κ2) is 7.85. The van der Waals surface area contributed by atoms with Crippen molar-refractivity contribution in [2.45, 2.75) is 13.0 Å². The average Bonchev–Trinajstić information content (AvgIpc) is 3.20. The predicted molar refractivity (Wildman–Crippen MR) is 106 cm³/mol. The van der Waals surface area contributed by atoms with Crippen LogP contribution in [-0.4, -0.2) is 12.5 Å². The number of amides is 1. The lowest BCUT2D eigenvalue weighted by atomic mass is 10.1. The van der Waals surface area contributed by atoms with Crippen molar-refractivity contribution in [2.75, 3.05) is 11.9 Å². The predicted octanol–water partition coefficient (Wildman–Crippen LogP) is 4.32. The fourth-order valence-corrected chi connectivity index (χ4v) is 3.09. The van der Waals surface area contributed by atoms with E-state index in [4.69, 9.17) is 14.7 Å². The molecule has 1 aliphatic rings. The summed E-state index contributed by atoms with van der Waals surface area (Å²) in [4.78, 5) is 12.6. The van der Waals surface area contributed by atoms with Gasteiger partial charge in [0.05, 0.1) is 18.2 Å². The molecule has 0 spiro atoms. The number of nitrogens with one attached hydrogen (secondary N) is 1. The van der Waals surface area contributed by atoms with Crippen LogP contribution in [0.1, 0.15) is 27.0 Å². The van der Waals surface area contributed by atoms with Gasteiger partial charge >= 0.3 is 0 Å². The van der Waals surface area contributed by atoms with Crippen molar-refractivity contribution in [2.24, 2.45) is 0 Å². The molecule has 0 atom stereocenters. The van der Waals surface area contributed by atoms with Crippen molar-refractivity contribution in [1.82, 2.24) is 0 Å². The lowest BCUT2D eigenvalue weighted by Crippen LogP contribution is -2.12. The number of hydrogen-bond donors (Lipinski definition) is 1. The van der Waals surface area contributed by atoms with Gasteiger partial charge in [0.15, 0.2) is 0 Å². The Labute approximate surface area is 163 Å². The molecule has 1 amide bonds. The Morgan fingerprint density at radius 2 is 2.00 bits per heavy atom. The maximum absolute atomic E-state index is 12.6. The SMILES string of the molecule is N#Cc1cccc(COc2cccc(NC(=O)c3ccc4c(c3)CCO4)c2)c1. The molecule has 5 heteroatoms. The van der Waals surface area contributed by atoms with Crippen LogP contribution in [0.15, 0.2) is 66.7 Å². The molecule has 0 aliphatic carbocycles. The number of hydrogen-bond acceptors (Lipinski definition) is 4. The number of rotatable bonds is 5. The van der Waals surface area contributed by atoms with Gasteiger partial charge in [0.1, 0.15) is 18.1 Å². The van der Waals surface area contributed by atoms with Crippen molar-refractivity contribution in [3.05, 3.63) is 89.0 Å². The van der Waals surface area contributed by atoms with Crippen LogP contribution in [0.5, 0.6) is 11.5 Å². The molecule has 3 aromatic carbocycles. The Morgan fingerprint density at radius 1 is 1.11 bits per heavy atom. The summed E-state index contributed by atoms with van der Waals surface area (Å²) in [6.45, 7) is 1.01. The van der Waals surface area contributed by atoms with Crippen molar-refractivity contribution in [1.29, 1.82) is 5.26 Å². The molecule has 28 heavy (non-hydrogen) atoms. The van der Waals surface area contributed by atoms with Crippen LogP contribution < -0.4 is 14.8 Å². The van der Waals surface area contributed by atoms with E-state index in [2.05, 4.69) is 11.4 Å². The molecule has 3 aromatic rings. The molecule has 0 saturated carbocycles. The van der Waals surface area contributed by atoms with E-state index in [1.54, 1.807) is 24.3 Å². The first-order valence-electron chi connectivity index (χ1n) is 9.00. The largest absolute Gasteiger partial charge is 0.493 e. The molecule has 4 rings (SSSR count). The zero-order valence-corrected chi connectivity index (χ0v) is 15.1. The third-order valence-electron chi connectivity index (χ3n) is 4.51. The number of nitriles is 1. The van der Waals surface area contributed by atoms with E-state index in [1.807, 2.05) is 42.5 Å². The molecular formula is C23H18N2O3. The van der Waals surface area contributed by atoms with Crippen LogP contribution in [0.3, 0.4) is 0 Å². The van der Waals surface area contributed by atoms with Gasteiger partial charge in [0.25, 0.3) is 5.91 Å². The maximum Gasteiger partial charge on any atom is 0.255 e. The Bertz CT molecular complexity index is 1070. The highest BCUT2D eigenvalue weighted by molar-refractivity contribution is 6.04. The monoisotopic (exact) mass is 370 g/mol. The van der Waals surface area contributed by atoms with Gasteiger partial charge in [-0.3, -0.25) is 4.79 Å². The Balaban J connectivity index is 1.42. The number of fused-ring (bicyclic) bond motifs is 1. The van der Waals surface area contributed by atoms with E-state index < -0.39 is 0 Å². The van der Waals surface area contributed by atoms with Gasteiger partial charge in [-0.05, 0) is 53.6 Å². The van der Waals surface area contributed by atoms with Crippen LogP contribution in [-0.2, 0) is 13.0 Å². The smallest absolute Gasteiger partial charge is 0.255 e. The molecule has 0 fully saturated rings. The van der Waals surface area contributed by atoms with Crippen LogP contribution >= 0.6 is 0 Å². The van der Waals surface area contributed by atoms with E-state index in [9.17, 15) is 4.79 Å². The molecule has 0 aromatic heterocycles. The summed E-state index contributed by atoms with van der Waals surface area (Å²) in [5.41, 5.74) is 3.83. The van der Waals surface area contributed by atoms with Gasteiger partial charge in [-0.2, -0.15) is 5.26 Å². The minimum absolute atomic E-state index is 0.173. The third kappa shape index (κ3) is 3.97. The minimum Gasteiger partial charge on any atom is -0.493 e. The Kier molecular flexibility index (Phi) is 4.94. The first-order chi connectivity index (χ1) is 13.7. The van der Waals surface area contributed by atoms with Gasteiger partial charge in [-0.25, -0.2) is 0 Å². The molecule has 0 bridgehead atoms. The topological polar surface area (TPSA) is 71.3 Å². The maximum atomic E-state index is 12.6. The van der Waals surface area contributed by atoms with Crippen LogP contribution in [0.4, 0.5) is 5.69 Å². The van der Waals surface area contributed by atoms with E-state index in [-0.39, 0.29) is 5.91 Å². The summed E-state index contributed by atoms with van der Waals surface area (Å²) in [5, 5.41) is 11.9. The first-order valence-corrected chi connectivity index (χ1v) is 9.00. The van der Waals surface area contributed by atoms with Crippen molar-refractivity contribution >= 4 is 11.6 Å². The number of carbonyl (C=O) groups excluding carboxylic acids is 1. The Hall–Kier alpha value is -3.78. The molecule has 1 aliphatic heterocycles. The van der Waals surface area contributed by atoms with Crippen molar-refractivity contribution < 1.29 is 14.3 Å². The average molecular weight is 370 g/mol. The number of carbonyl (C=O) groups is 1. The number of anilines is 1. The standard InChI is InChI=1S/C23H18N2O3/c24-14-16-3-1-4-17(11-16)15-28-21-6-2-5-20(13-21)25-23(26)19-7-8-22-18(12-19)9-10-27-22/h1-8,11-13H,9-10,15H2,(H,25,26). The first kappa shape index (κ1) is 17.6. The highest BCUT2D eigenvalue weighted by atomic mass is 16.5. The number of ether oxygens (including phenoxy) is 2. The quantitative estimate of drug-likeness (QED) is 0.726. The molecule has 1 N–H and O–H groups in total. The molecule has 0 saturated heterocycles. The zero-order valence-electron chi connectivity index (χ0n) is 15.1. The van der Waals surface area contributed by atoms with E-state index >= 15 is 0 Å². The number of nitrogens with zero attached hydrogens (tertiary/aromatic N) is 1. The van der Waals surface area contributed by atoms with Crippen LogP contribution in [0.25, 0.3) is 0 Å². The van der Waals surface area contributed by atoms with Crippen molar-refractivity contribution in [3.63, 3.8) is 0 Å². The molecular weight excluding hydrogens is 352 g/mol. The fourth-order valence-electron chi connectivity index (χ4n) is 3.09. The minimum atomic E-state index is -0.173. The van der Waals surface area contributed by atoms with E-state index in [0.29, 0.717) is 35.8 Å². The van der Waals surface area contributed by atoms with E-state index in [1.165, 1.54) is 0 Å². The highest BCUT2D eigenvalue weighted by Crippen LogP contribution is 2.26. The van der Waals surface area contributed by atoms with E-state index in [0.717, 1.165) is 23.3 Å². The molecule has 138 valence electrons. The van der Waals surface area contributed by atoms with Gasteiger partial charge in [-0.15, -0.1) is 0 Å². The van der Waals surface area contributed by atoms with Gasteiger partial charge in [0.2, 0.25) is 0 Å². The second-order valence-electron chi connectivity index (χ2n) is 6.50. The van der Waals surface area contributed by atoms with Gasteiger partial charge < -0.3 is 14.8 Å². The summed E-state index contributed by atoms with van der Waals surface area (Å²) in [6, 6.07) is 22.1. The third-order valence-corrected chi connectivity index (χ3v) is 4.51. The summed E-state index contributed by atoms with van der Waals surface area (Å²) in [6.07, 6.45) is 0.826. The van der Waals surface area contributed by atoms with Gasteiger partial charge in [-0.1, -0.05) is 18.2 Å². The highest BCUT2D eigenvalue weighted by Gasteiger charge is 2.15. The summed E-state index contributed by atoms with van der Waals surface area (Å²) >= 11 is 0. The van der Waals surface area contributed by atoms with Crippen LogP contribution in [0.2, 0.25) is 0 Å². The molecule has 5 nitrogen and oxygen atoms in total.